The molecule has 0 atom stereocenters. The SMILES string of the molecule is CCCCCCCN(c1ccc(OC)cc1)[P+](N(CCCCCCC)c1ccc(OC)cc1)(N(CCCCCCC)c1ccc(OC)cc1)N(CCCCCCC)c1ccc(OC)cc1.II.[I-]. The molecule has 12 heteroatoms. The molecule has 4 rings (SSSR count). The van der Waals surface area contributed by atoms with E-state index >= 15 is 0 Å². The van der Waals surface area contributed by atoms with E-state index in [0.29, 0.717) is 0 Å². The Kier molecular flexibility index (Phi) is 34.3. The van der Waals surface area contributed by atoms with E-state index in [1.54, 1.807) is 28.4 Å². The molecule has 0 aliphatic heterocycles. The van der Waals surface area contributed by atoms with Crippen LogP contribution < -0.4 is 61.6 Å². The summed E-state index contributed by atoms with van der Waals surface area (Å²) in [6.45, 7) is 12.9. The van der Waals surface area contributed by atoms with Gasteiger partial charge in [-0.25, -0.2) is 0 Å². The molecule has 0 saturated heterocycles. The minimum Gasteiger partial charge on any atom is -1.00 e. The third-order valence-corrected chi connectivity index (χ3v) is 17.0. The normalized spacial score (nSPS) is 10.9. The van der Waals surface area contributed by atoms with Crippen molar-refractivity contribution in [1.82, 2.24) is 0 Å². The Labute approximate surface area is 456 Å². The lowest BCUT2D eigenvalue weighted by molar-refractivity contribution is -0.0000149. The first-order chi connectivity index (χ1) is 32.9. The molecule has 4 aromatic carbocycles. The summed E-state index contributed by atoms with van der Waals surface area (Å²) in [6.07, 6.45) is 23.9. The van der Waals surface area contributed by atoms with Crippen LogP contribution in [0.15, 0.2) is 97.1 Å². The number of ether oxygens (including phenoxy) is 4. The second-order valence-electron chi connectivity index (χ2n) is 17.5. The quantitative estimate of drug-likeness (QED) is 0.0254. The van der Waals surface area contributed by atoms with Crippen LogP contribution in [0.4, 0.5) is 22.7 Å². The maximum atomic E-state index is 5.86. The Balaban J connectivity index is 0.00000522. The smallest absolute Gasteiger partial charge is 0.405 e. The number of unbranched alkanes of at least 4 members (excludes halogenated alkanes) is 16. The van der Waals surface area contributed by atoms with Crippen molar-refractivity contribution in [3.05, 3.63) is 97.1 Å². The van der Waals surface area contributed by atoms with E-state index in [1.165, 1.54) is 125 Å². The fraction of sp³-hybridized carbons (Fsp3) is 0.571. The van der Waals surface area contributed by atoms with Gasteiger partial charge in [0.2, 0.25) is 0 Å². The van der Waals surface area contributed by atoms with Gasteiger partial charge in [0, 0.05) is 37.2 Å². The predicted molar refractivity (Wildman–Crippen MR) is 311 cm³/mol. The molecule has 0 heterocycles. The van der Waals surface area contributed by atoms with Crippen LogP contribution in [0, 0.1) is 0 Å². The van der Waals surface area contributed by atoms with Crippen LogP contribution in [-0.2, 0) is 0 Å². The fourth-order valence-electron chi connectivity index (χ4n) is 8.93. The van der Waals surface area contributed by atoms with Gasteiger partial charge in [0.15, 0.2) is 0 Å². The molecule has 0 aliphatic rings. The Morgan fingerprint density at radius 1 is 0.309 bits per heavy atom. The molecular weight excluding hydrogens is 1200 g/mol. The first-order valence-corrected chi connectivity index (χ1v) is 33.6. The Hall–Kier alpha value is -2.10. The molecule has 0 radical (unpaired) electrons. The lowest BCUT2D eigenvalue weighted by Gasteiger charge is -2.53. The van der Waals surface area contributed by atoms with Crippen molar-refractivity contribution in [3.63, 3.8) is 0 Å². The zero-order valence-electron chi connectivity index (χ0n) is 43.2. The van der Waals surface area contributed by atoms with Crippen LogP contribution in [-0.4, -0.2) is 54.6 Å². The highest BCUT2D eigenvalue weighted by atomic mass is 128. The van der Waals surface area contributed by atoms with Crippen LogP contribution in [0.1, 0.15) is 156 Å². The summed E-state index contributed by atoms with van der Waals surface area (Å²) in [5.41, 5.74) is 4.86. The van der Waals surface area contributed by atoms with Gasteiger partial charge in [-0.2, -0.15) is 18.7 Å². The van der Waals surface area contributed by atoms with Gasteiger partial charge < -0.3 is 42.9 Å². The van der Waals surface area contributed by atoms with Crippen molar-refractivity contribution in [1.29, 1.82) is 0 Å². The molecule has 68 heavy (non-hydrogen) atoms. The highest BCUT2D eigenvalue weighted by molar-refractivity contribution is 15.0. The number of rotatable bonds is 36. The molecule has 0 spiro atoms. The van der Waals surface area contributed by atoms with Gasteiger partial charge in [-0.1, -0.05) is 130 Å². The van der Waals surface area contributed by atoms with E-state index in [0.717, 1.165) is 74.9 Å². The number of hydrogen-bond donors (Lipinski definition) is 0. The van der Waals surface area contributed by atoms with Crippen LogP contribution >= 0.6 is 45.1 Å². The molecule has 0 amide bonds. The molecule has 0 aromatic heterocycles. The van der Waals surface area contributed by atoms with Crippen LogP contribution in [0.5, 0.6) is 23.0 Å². The first kappa shape index (κ1) is 62.0. The van der Waals surface area contributed by atoms with E-state index in [9.17, 15) is 0 Å². The van der Waals surface area contributed by atoms with Gasteiger partial charge in [0.1, 0.15) is 23.0 Å². The molecule has 4 aromatic rings. The summed E-state index contributed by atoms with van der Waals surface area (Å²) in [6, 6.07) is 36.0. The number of anilines is 4. The van der Waals surface area contributed by atoms with E-state index in [4.69, 9.17) is 18.9 Å². The number of methoxy groups -OCH3 is 4. The number of halogens is 3. The molecule has 0 saturated carbocycles. The molecule has 0 fully saturated rings. The van der Waals surface area contributed by atoms with E-state index in [-0.39, 0.29) is 24.0 Å². The maximum Gasteiger partial charge on any atom is 0.405 e. The monoisotopic (exact) mass is 1290 g/mol. The topological polar surface area (TPSA) is 49.9 Å². The van der Waals surface area contributed by atoms with Gasteiger partial charge >= 0.3 is 7.87 Å². The number of benzene rings is 4. The van der Waals surface area contributed by atoms with Crippen molar-refractivity contribution in [2.45, 2.75) is 156 Å². The minimum atomic E-state index is -2.97. The second kappa shape index (κ2) is 37.6. The first-order valence-electron chi connectivity index (χ1n) is 25.7. The van der Waals surface area contributed by atoms with Gasteiger partial charge in [-0.3, -0.25) is 0 Å². The lowest BCUT2D eigenvalue weighted by atomic mass is 10.1. The molecule has 0 bridgehead atoms. The summed E-state index contributed by atoms with van der Waals surface area (Å²) in [7, 11) is 4.12. The highest BCUT2D eigenvalue weighted by Crippen LogP contribution is 2.74. The van der Waals surface area contributed by atoms with Crippen molar-refractivity contribution in [3.8, 4) is 23.0 Å². The van der Waals surface area contributed by atoms with E-state index < -0.39 is 7.87 Å². The van der Waals surface area contributed by atoms with E-state index in [1.807, 2.05) is 0 Å². The van der Waals surface area contributed by atoms with Gasteiger partial charge in [0.25, 0.3) is 0 Å². The van der Waals surface area contributed by atoms with Crippen LogP contribution in [0.2, 0.25) is 0 Å². The zero-order chi connectivity index (χ0) is 48.5. The lowest BCUT2D eigenvalue weighted by Crippen LogP contribution is -3.00. The molecular formula is C56H88I3N4O4P. The standard InChI is InChI=1S/C56H88N4O4P.I2.HI/c1-9-13-17-21-25-45-57(49-29-37-53(61-5)38-30-49)65(58(46-26-22-18-14-10-2)50-31-39-54(62-6)40-32-50,59(47-27-23-19-15-11-3)51-33-41-55(63-7)42-34-51)60(48-28-24-20-16-12-4)52-35-43-56(64-8)44-36-52;1-2;/h29-44H,9-28,45-48H2,1-8H3;;1H/q+1;;/p-1. The molecule has 0 N–H and O–H groups in total. The van der Waals surface area contributed by atoms with Crippen molar-refractivity contribution in [2.24, 2.45) is 0 Å². The molecule has 0 aliphatic carbocycles. The Morgan fingerprint density at radius 3 is 0.647 bits per heavy atom. The summed E-state index contributed by atoms with van der Waals surface area (Å²) >= 11 is 4.24. The van der Waals surface area contributed by atoms with Crippen LogP contribution in [0.25, 0.3) is 0 Å². The predicted octanol–water partition coefficient (Wildman–Crippen LogP) is 15.4. The molecule has 0 unspecified atom stereocenters. The van der Waals surface area contributed by atoms with Crippen molar-refractivity contribution < 1.29 is 42.9 Å². The maximum absolute atomic E-state index is 5.86. The van der Waals surface area contributed by atoms with Crippen LogP contribution in [0.3, 0.4) is 0 Å². The van der Waals surface area contributed by atoms with Gasteiger partial charge in [0.05, 0.1) is 77.4 Å². The summed E-state index contributed by atoms with van der Waals surface area (Å²) in [4.78, 5) is 0. The number of nitrogens with zero attached hydrogens (tertiary/aromatic N) is 4. The summed E-state index contributed by atoms with van der Waals surface area (Å²) < 4.78 is 35.0. The number of hydrogen-bond acceptors (Lipinski definition) is 8. The summed E-state index contributed by atoms with van der Waals surface area (Å²) in [5, 5.41) is 0. The van der Waals surface area contributed by atoms with Gasteiger partial charge in [-0.05, 0) is 123 Å². The van der Waals surface area contributed by atoms with Crippen molar-refractivity contribution >= 4 is 67.8 Å². The summed E-state index contributed by atoms with van der Waals surface area (Å²) in [5.74, 6) is 3.48. The second-order valence-corrected chi connectivity index (χ2v) is 20.5. The largest absolute Gasteiger partial charge is 1.00 e. The third kappa shape index (κ3) is 19.5. The Bertz CT molecular complexity index is 1540. The minimum absolute atomic E-state index is 0. The van der Waals surface area contributed by atoms with E-state index in [2.05, 4.69) is 181 Å². The molecule has 8 nitrogen and oxygen atoms in total. The molecule has 382 valence electrons. The third-order valence-electron chi connectivity index (χ3n) is 12.7. The Morgan fingerprint density at radius 2 is 0.485 bits per heavy atom. The average molecular weight is 1290 g/mol. The van der Waals surface area contributed by atoms with Gasteiger partial charge in [-0.15, -0.1) is 0 Å². The average Bonchev–Trinajstić information content (AvgIpc) is 3.38. The zero-order valence-corrected chi connectivity index (χ0v) is 50.6. The fourth-order valence-corrected chi connectivity index (χ4v) is 13.9. The highest BCUT2D eigenvalue weighted by Gasteiger charge is 2.63. The van der Waals surface area contributed by atoms with Crippen molar-refractivity contribution in [2.75, 3.05) is 73.3 Å².